The topological polar surface area (TPSA) is 47.9 Å². The second-order valence-corrected chi connectivity index (χ2v) is 7.89. The van der Waals surface area contributed by atoms with Gasteiger partial charge in [-0.15, -0.1) is 0 Å². The zero-order chi connectivity index (χ0) is 21.7. The molecule has 3 heterocycles. The summed E-state index contributed by atoms with van der Waals surface area (Å²) in [6, 6.07) is 0.111. The van der Waals surface area contributed by atoms with Gasteiger partial charge in [0.05, 0.1) is 0 Å². The number of alkyl halides is 3. The fraction of sp³-hybridized carbons (Fsp3) is 0.545. The zero-order valence-corrected chi connectivity index (χ0v) is 17.5. The van der Waals surface area contributed by atoms with Gasteiger partial charge in [-0.2, -0.15) is 13.2 Å². The van der Waals surface area contributed by atoms with Crippen LogP contribution in [-0.2, 0) is 4.79 Å². The van der Waals surface area contributed by atoms with Crippen LogP contribution in [0.25, 0.3) is 0 Å². The third-order valence-corrected chi connectivity index (χ3v) is 5.90. The van der Waals surface area contributed by atoms with E-state index >= 15 is 0 Å². The number of amidine groups is 1. The Balaban J connectivity index is 1.74. The highest BCUT2D eigenvalue weighted by atomic mass is 19.4. The summed E-state index contributed by atoms with van der Waals surface area (Å²) in [5.74, 6) is 0.660. The van der Waals surface area contributed by atoms with Gasteiger partial charge in [0.1, 0.15) is 5.84 Å². The molecular weight excluding hydrogens is 393 g/mol. The Kier molecular flexibility index (Phi) is 7.05. The van der Waals surface area contributed by atoms with Crippen LogP contribution in [0.3, 0.4) is 0 Å². The number of carbonyl (C=O) groups is 1. The summed E-state index contributed by atoms with van der Waals surface area (Å²) in [7, 11) is 0. The molecule has 30 heavy (non-hydrogen) atoms. The highest BCUT2D eigenvalue weighted by Crippen LogP contribution is 2.35. The van der Waals surface area contributed by atoms with E-state index in [4.69, 9.17) is 0 Å². The Morgan fingerprint density at radius 2 is 2.10 bits per heavy atom. The first-order chi connectivity index (χ1) is 14.3. The van der Waals surface area contributed by atoms with Crippen LogP contribution in [0.1, 0.15) is 39.5 Å². The first kappa shape index (κ1) is 22.2. The second-order valence-electron chi connectivity index (χ2n) is 7.89. The van der Waals surface area contributed by atoms with Crippen LogP contribution in [0.15, 0.2) is 53.0 Å². The number of aliphatic imine (C=N–C) groups is 1. The van der Waals surface area contributed by atoms with Gasteiger partial charge in [-0.05, 0) is 38.2 Å². The van der Waals surface area contributed by atoms with Gasteiger partial charge in [-0.25, -0.2) is 4.99 Å². The van der Waals surface area contributed by atoms with Gasteiger partial charge in [0.25, 0.3) is 0 Å². The Morgan fingerprint density at radius 3 is 2.83 bits per heavy atom. The lowest BCUT2D eigenvalue weighted by atomic mass is 9.92. The van der Waals surface area contributed by atoms with Crippen LogP contribution in [0.5, 0.6) is 0 Å². The average Bonchev–Trinajstić information content (AvgIpc) is 3.34. The first-order valence-electron chi connectivity index (χ1n) is 10.5. The normalized spacial score (nSPS) is 27.4. The van der Waals surface area contributed by atoms with E-state index in [2.05, 4.69) is 22.1 Å². The van der Waals surface area contributed by atoms with Crippen molar-refractivity contribution in [2.24, 2.45) is 10.9 Å². The van der Waals surface area contributed by atoms with Gasteiger partial charge in [0.15, 0.2) is 0 Å². The van der Waals surface area contributed by atoms with Crippen LogP contribution in [0.2, 0.25) is 0 Å². The summed E-state index contributed by atoms with van der Waals surface area (Å²) in [5.41, 5.74) is 2.09. The maximum Gasteiger partial charge on any atom is 0.409 e. The number of fused-ring (bicyclic) bond motifs is 1. The SMILES string of the molecule is CCC\C=C/N=C1/NC=C/C1=C(/C)N1CCC2CCN(C(=O)/C=C/C(F)(F)F)C[C@H]21. The van der Waals surface area contributed by atoms with E-state index in [1.165, 1.54) is 4.90 Å². The molecular formula is C22H29F3N4O. The minimum atomic E-state index is -4.47. The van der Waals surface area contributed by atoms with Crippen molar-refractivity contribution in [2.45, 2.75) is 51.7 Å². The van der Waals surface area contributed by atoms with Gasteiger partial charge >= 0.3 is 6.18 Å². The molecule has 0 saturated carbocycles. The fourth-order valence-corrected chi connectivity index (χ4v) is 4.31. The number of rotatable bonds is 5. The van der Waals surface area contributed by atoms with E-state index in [0.717, 1.165) is 49.3 Å². The number of carbonyl (C=O) groups excluding carboxylic acids is 1. The maximum absolute atomic E-state index is 12.4. The van der Waals surface area contributed by atoms with E-state index < -0.39 is 12.1 Å². The van der Waals surface area contributed by atoms with Crippen molar-refractivity contribution in [1.82, 2.24) is 15.1 Å². The molecule has 0 radical (unpaired) electrons. The minimum Gasteiger partial charge on any atom is -0.369 e. The molecule has 5 nitrogen and oxygen atoms in total. The number of piperidine rings is 1. The quantitative estimate of drug-likeness (QED) is 0.678. The number of likely N-dealkylation sites (tertiary alicyclic amines) is 2. The molecule has 164 valence electrons. The van der Waals surface area contributed by atoms with Crippen LogP contribution in [0, 0.1) is 5.92 Å². The summed E-state index contributed by atoms with van der Waals surface area (Å²) in [4.78, 5) is 20.6. The highest BCUT2D eigenvalue weighted by Gasteiger charge is 2.40. The Morgan fingerprint density at radius 1 is 1.33 bits per heavy atom. The monoisotopic (exact) mass is 422 g/mol. The minimum absolute atomic E-state index is 0.0187. The molecule has 0 aromatic heterocycles. The summed E-state index contributed by atoms with van der Waals surface area (Å²) >= 11 is 0. The molecule has 8 heteroatoms. The van der Waals surface area contributed by atoms with Gasteiger partial charge in [-0.3, -0.25) is 4.79 Å². The van der Waals surface area contributed by atoms with Crippen LogP contribution < -0.4 is 5.32 Å². The molecule has 0 aromatic rings. The fourth-order valence-electron chi connectivity index (χ4n) is 4.31. The summed E-state index contributed by atoms with van der Waals surface area (Å²) in [6.45, 7) is 5.98. The van der Waals surface area contributed by atoms with Crippen LogP contribution in [0.4, 0.5) is 13.2 Å². The zero-order valence-electron chi connectivity index (χ0n) is 17.5. The molecule has 2 fully saturated rings. The van der Waals surface area contributed by atoms with E-state index in [1.54, 1.807) is 0 Å². The molecule has 2 atom stereocenters. The van der Waals surface area contributed by atoms with E-state index in [1.807, 2.05) is 31.5 Å². The van der Waals surface area contributed by atoms with Crippen molar-refractivity contribution in [3.63, 3.8) is 0 Å². The number of allylic oxidation sites excluding steroid dienone is 3. The van der Waals surface area contributed by atoms with Crippen molar-refractivity contribution in [1.29, 1.82) is 0 Å². The second kappa shape index (κ2) is 9.53. The van der Waals surface area contributed by atoms with E-state index in [9.17, 15) is 18.0 Å². The molecule has 3 aliphatic rings. The number of nitrogens with one attached hydrogen (secondary N) is 1. The summed E-state index contributed by atoms with van der Waals surface area (Å²) in [6.07, 6.45) is 7.76. The number of halogens is 3. The Hall–Kier alpha value is -2.51. The molecule has 1 unspecified atom stereocenters. The maximum atomic E-state index is 12.4. The van der Waals surface area contributed by atoms with Crippen molar-refractivity contribution >= 4 is 11.7 Å². The van der Waals surface area contributed by atoms with Crippen molar-refractivity contribution in [2.75, 3.05) is 19.6 Å². The molecule has 0 spiro atoms. The molecule has 2 saturated heterocycles. The predicted molar refractivity (Wildman–Crippen MR) is 111 cm³/mol. The number of hydrogen-bond acceptors (Lipinski definition) is 3. The van der Waals surface area contributed by atoms with Gasteiger partial charge in [0, 0.05) is 61.5 Å². The van der Waals surface area contributed by atoms with Gasteiger partial charge in [0.2, 0.25) is 5.91 Å². The lowest BCUT2D eigenvalue weighted by molar-refractivity contribution is -0.129. The van der Waals surface area contributed by atoms with E-state index in [0.29, 0.717) is 25.1 Å². The van der Waals surface area contributed by atoms with Crippen molar-refractivity contribution in [3.05, 3.63) is 48.0 Å². The summed E-state index contributed by atoms with van der Waals surface area (Å²) < 4.78 is 37.2. The Bertz CT molecular complexity index is 795. The molecule has 3 rings (SSSR count). The summed E-state index contributed by atoms with van der Waals surface area (Å²) in [5, 5.41) is 3.17. The third kappa shape index (κ3) is 5.34. The van der Waals surface area contributed by atoms with Gasteiger partial charge in [-0.1, -0.05) is 19.4 Å². The number of unbranched alkanes of at least 4 members (excludes halogenated alkanes) is 1. The lowest BCUT2D eigenvalue weighted by Crippen LogP contribution is -2.49. The molecule has 3 aliphatic heterocycles. The number of amides is 1. The van der Waals surface area contributed by atoms with Crippen molar-refractivity contribution in [3.8, 4) is 0 Å². The van der Waals surface area contributed by atoms with Crippen molar-refractivity contribution < 1.29 is 18.0 Å². The average molecular weight is 422 g/mol. The first-order valence-corrected chi connectivity index (χ1v) is 10.5. The standard InChI is InChI=1S/C22H29F3N4O/c1-3-4-5-11-26-21-18(7-12-27-21)16(2)29-14-9-17-8-13-28(15-19(17)29)20(30)6-10-22(23,24)25/h5-7,10-12,17,19H,3-4,8-9,13-15H2,1-2H3,(H,26,27)/b10-6+,11-5-,18-16+/t17?,19-/m1/s1. The van der Waals surface area contributed by atoms with E-state index in [-0.39, 0.29) is 12.1 Å². The van der Waals surface area contributed by atoms with Crippen LogP contribution in [-0.4, -0.2) is 53.4 Å². The smallest absolute Gasteiger partial charge is 0.369 e. The Labute approximate surface area is 175 Å². The highest BCUT2D eigenvalue weighted by molar-refractivity contribution is 6.04. The van der Waals surface area contributed by atoms with Crippen LogP contribution >= 0.6 is 0 Å². The number of nitrogens with zero attached hydrogens (tertiary/aromatic N) is 3. The molecule has 1 N–H and O–H groups in total. The molecule has 0 bridgehead atoms. The predicted octanol–water partition coefficient (Wildman–Crippen LogP) is 4.13. The van der Waals surface area contributed by atoms with Gasteiger partial charge < -0.3 is 15.1 Å². The third-order valence-electron chi connectivity index (χ3n) is 5.90. The molecule has 0 aromatic carbocycles. The largest absolute Gasteiger partial charge is 0.409 e. The molecule has 1 amide bonds. The lowest BCUT2D eigenvalue weighted by Gasteiger charge is -2.39. The molecule has 0 aliphatic carbocycles. The number of hydrogen-bond donors (Lipinski definition) is 1.